The van der Waals surface area contributed by atoms with Crippen molar-refractivity contribution in [1.82, 2.24) is 10.3 Å². The van der Waals surface area contributed by atoms with E-state index in [2.05, 4.69) is 15.6 Å². The number of hydrogen-bond acceptors (Lipinski definition) is 4. The summed E-state index contributed by atoms with van der Waals surface area (Å²) >= 11 is 1.60. The lowest BCUT2D eigenvalue weighted by atomic mass is 10.2. The highest BCUT2D eigenvalue weighted by molar-refractivity contribution is 7.13. The van der Waals surface area contributed by atoms with Crippen molar-refractivity contribution in [3.63, 3.8) is 0 Å². The van der Waals surface area contributed by atoms with Crippen molar-refractivity contribution >= 4 is 23.1 Å². The number of hydrogen-bond donors (Lipinski definition) is 2. The van der Waals surface area contributed by atoms with Crippen LogP contribution in [0.2, 0.25) is 0 Å². The Hall–Kier alpha value is -1.92. The summed E-state index contributed by atoms with van der Waals surface area (Å²) in [5, 5.41) is 8.68. The van der Waals surface area contributed by atoms with Crippen LogP contribution in [0.15, 0.2) is 29.6 Å². The molecule has 116 valence electrons. The molecule has 5 nitrogen and oxygen atoms in total. The third-order valence-electron chi connectivity index (χ3n) is 3.50. The number of benzene rings is 1. The van der Waals surface area contributed by atoms with Crippen molar-refractivity contribution < 1.29 is 9.53 Å². The number of urea groups is 1. The van der Waals surface area contributed by atoms with Gasteiger partial charge < -0.3 is 15.4 Å². The Morgan fingerprint density at radius 1 is 1.50 bits per heavy atom. The Kier molecular flexibility index (Phi) is 4.70. The molecule has 0 radical (unpaired) electrons. The van der Waals surface area contributed by atoms with Gasteiger partial charge in [-0.05, 0) is 31.9 Å². The van der Waals surface area contributed by atoms with Crippen molar-refractivity contribution in [3.05, 3.63) is 35.3 Å². The van der Waals surface area contributed by atoms with Gasteiger partial charge in [-0.25, -0.2) is 9.78 Å². The second kappa shape index (κ2) is 6.89. The number of thiazole rings is 1. The van der Waals surface area contributed by atoms with Crippen molar-refractivity contribution in [2.45, 2.75) is 25.9 Å². The van der Waals surface area contributed by atoms with E-state index in [9.17, 15) is 4.79 Å². The van der Waals surface area contributed by atoms with Crippen molar-refractivity contribution in [2.24, 2.45) is 0 Å². The number of aromatic nitrogens is 1. The fourth-order valence-electron chi connectivity index (χ4n) is 2.40. The zero-order valence-corrected chi connectivity index (χ0v) is 13.3. The maximum absolute atomic E-state index is 11.9. The van der Waals surface area contributed by atoms with Gasteiger partial charge in [0.15, 0.2) is 0 Å². The predicted molar refractivity (Wildman–Crippen MR) is 88.3 cm³/mol. The molecule has 1 atom stereocenters. The minimum absolute atomic E-state index is 0.148. The average molecular weight is 317 g/mol. The van der Waals surface area contributed by atoms with Gasteiger partial charge in [-0.2, -0.15) is 0 Å². The van der Waals surface area contributed by atoms with E-state index in [-0.39, 0.29) is 12.1 Å². The number of ether oxygens (including phenoxy) is 1. The first-order valence-corrected chi connectivity index (χ1v) is 8.28. The van der Waals surface area contributed by atoms with E-state index in [1.165, 1.54) is 0 Å². The van der Waals surface area contributed by atoms with E-state index in [4.69, 9.17) is 4.74 Å². The third-order valence-corrected chi connectivity index (χ3v) is 4.51. The predicted octanol–water partition coefficient (Wildman–Crippen LogP) is 3.42. The van der Waals surface area contributed by atoms with Gasteiger partial charge in [0.25, 0.3) is 0 Å². The topological polar surface area (TPSA) is 63.2 Å². The molecule has 1 aliphatic heterocycles. The Bertz CT molecular complexity index is 650. The highest BCUT2D eigenvalue weighted by Crippen LogP contribution is 2.25. The maximum atomic E-state index is 11.9. The number of rotatable bonds is 4. The molecule has 1 aromatic carbocycles. The van der Waals surface area contributed by atoms with Crippen molar-refractivity contribution in [2.75, 3.05) is 18.5 Å². The lowest BCUT2D eigenvalue weighted by molar-refractivity contribution is 0.112. The van der Waals surface area contributed by atoms with Gasteiger partial charge >= 0.3 is 6.03 Å². The Morgan fingerprint density at radius 3 is 3.14 bits per heavy atom. The summed E-state index contributed by atoms with van der Waals surface area (Å²) in [6.45, 7) is 3.32. The van der Waals surface area contributed by atoms with Gasteiger partial charge in [0.2, 0.25) is 0 Å². The molecule has 0 unspecified atom stereocenters. The van der Waals surface area contributed by atoms with E-state index in [0.717, 1.165) is 41.4 Å². The van der Waals surface area contributed by atoms with Crippen molar-refractivity contribution in [1.29, 1.82) is 0 Å². The van der Waals surface area contributed by atoms with Gasteiger partial charge in [-0.3, -0.25) is 0 Å². The smallest absolute Gasteiger partial charge is 0.319 e. The second-order valence-corrected chi connectivity index (χ2v) is 6.20. The van der Waals surface area contributed by atoms with Gasteiger partial charge in [0.1, 0.15) is 5.01 Å². The van der Waals surface area contributed by atoms with E-state index in [0.29, 0.717) is 6.54 Å². The summed E-state index contributed by atoms with van der Waals surface area (Å²) in [5.74, 6) is 0. The molecule has 3 rings (SSSR count). The third kappa shape index (κ3) is 3.84. The van der Waals surface area contributed by atoms with Crippen LogP contribution < -0.4 is 10.6 Å². The molecule has 6 heteroatoms. The number of carbonyl (C=O) groups excluding carboxylic acids is 1. The van der Waals surface area contributed by atoms with Crippen LogP contribution in [-0.2, 0) is 4.74 Å². The zero-order chi connectivity index (χ0) is 15.4. The number of nitrogens with zero attached hydrogens (tertiary/aromatic N) is 1. The summed E-state index contributed by atoms with van der Waals surface area (Å²) in [4.78, 5) is 16.4. The number of anilines is 1. The summed E-state index contributed by atoms with van der Waals surface area (Å²) < 4.78 is 5.48. The lowest BCUT2D eigenvalue weighted by Gasteiger charge is -2.12. The monoisotopic (exact) mass is 317 g/mol. The summed E-state index contributed by atoms with van der Waals surface area (Å²) in [5.41, 5.74) is 2.78. The average Bonchev–Trinajstić information content (AvgIpc) is 3.17. The first-order valence-electron chi connectivity index (χ1n) is 7.40. The molecule has 1 fully saturated rings. The first kappa shape index (κ1) is 15.0. The van der Waals surface area contributed by atoms with Gasteiger partial charge in [-0.1, -0.05) is 12.1 Å². The summed E-state index contributed by atoms with van der Waals surface area (Å²) in [6, 6.07) is 7.51. The van der Waals surface area contributed by atoms with Gasteiger partial charge in [0.05, 0.1) is 6.10 Å². The van der Waals surface area contributed by atoms with E-state index >= 15 is 0 Å². The minimum Gasteiger partial charge on any atom is -0.376 e. The van der Waals surface area contributed by atoms with Gasteiger partial charge in [0, 0.05) is 35.5 Å². The molecule has 0 aliphatic carbocycles. The fourth-order valence-corrected chi connectivity index (χ4v) is 3.20. The van der Waals surface area contributed by atoms with Crippen LogP contribution in [0.1, 0.15) is 18.5 Å². The normalized spacial score (nSPS) is 17.4. The molecular formula is C16H19N3O2S. The first-order chi connectivity index (χ1) is 10.7. The highest BCUT2D eigenvalue weighted by Gasteiger charge is 2.16. The standard InChI is InChI=1S/C16H19N3O2S/c1-11-10-22-15(18-11)12-4-2-5-13(8-12)19-16(20)17-9-14-6-3-7-21-14/h2,4-5,8,10,14H,3,6-7,9H2,1H3,(H2,17,19,20)/t14-/m1/s1. The molecule has 2 aromatic rings. The summed E-state index contributed by atoms with van der Waals surface area (Å²) in [6.07, 6.45) is 2.23. The summed E-state index contributed by atoms with van der Waals surface area (Å²) in [7, 11) is 0. The van der Waals surface area contributed by atoms with Crippen LogP contribution >= 0.6 is 11.3 Å². The van der Waals surface area contributed by atoms with Crippen LogP contribution in [0.4, 0.5) is 10.5 Å². The molecule has 2 amide bonds. The van der Waals surface area contributed by atoms with Crippen LogP contribution in [-0.4, -0.2) is 30.3 Å². The molecule has 22 heavy (non-hydrogen) atoms. The van der Waals surface area contributed by atoms with Crippen LogP contribution in [0.3, 0.4) is 0 Å². The largest absolute Gasteiger partial charge is 0.376 e. The molecule has 1 saturated heterocycles. The van der Waals surface area contributed by atoms with Crippen molar-refractivity contribution in [3.8, 4) is 10.6 Å². The molecule has 1 aliphatic rings. The molecule has 2 N–H and O–H groups in total. The Labute approximate surface area is 133 Å². The molecule has 2 heterocycles. The molecule has 0 bridgehead atoms. The van der Waals surface area contributed by atoms with E-state index < -0.39 is 0 Å². The highest BCUT2D eigenvalue weighted by atomic mass is 32.1. The molecule has 0 spiro atoms. The number of carbonyl (C=O) groups is 1. The van der Waals surface area contributed by atoms with E-state index in [1.54, 1.807) is 11.3 Å². The molecule has 1 aromatic heterocycles. The van der Waals surface area contributed by atoms with Crippen LogP contribution in [0.5, 0.6) is 0 Å². The quantitative estimate of drug-likeness (QED) is 0.908. The number of aryl methyl sites for hydroxylation is 1. The van der Waals surface area contributed by atoms with Gasteiger partial charge in [-0.15, -0.1) is 11.3 Å². The maximum Gasteiger partial charge on any atom is 0.319 e. The van der Waals surface area contributed by atoms with Crippen LogP contribution in [0, 0.1) is 6.92 Å². The number of amides is 2. The van der Waals surface area contributed by atoms with E-state index in [1.807, 2.05) is 36.6 Å². The Balaban J connectivity index is 1.58. The SMILES string of the molecule is Cc1csc(-c2cccc(NC(=O)NC[C@H]3CCCO3)c2)n1. The fraction of sp³-hybridized carbons (Fsp3) is 0.375. The minimum atomic E-state index is -0.206. The lowest BCUT2D eigenvalue weighted by Crippen LogP contribution is -2.35. The zero-order valence-electron chi connectivity index (χ0n) is 12.5. The van der Waals surface area contributed by atoms with Crippen LogP contribution in [0.25, 0.3) is 10.6 Å². The molecular weight excluding hydrogens is 298 g/mol. The Morgan fingerprint density at radius 2 is 2.41 bits per heavy atom. The number of nitrogens with one attached hydrogen (secondary N) is 2. The second-order valence-electron chi connectivity index (χ2n) is 5.34. The molecule has 0 saturated carbocycles.